The lowest BCUT2D eigenvalue weighted by atomic mass is 10.1. The fourth-order valence-corrected chi connectivity index (χ4v) is 3.45. The van der Waals surface area contributed by atoms with Gasteiger partial charge in [-0.2, -0.15) is 0 Å². The number of halogens is 2. The van der Waals surface area contributed by atoms with Crippen LogP contribution in [0.4, 0.5) is 11.4 Å². The molecule has 0 saturated heterocycles. The summed E-state index contributed by atoms with van der Waals surface area (Å²) in [7, 11) is 3.49. The van der Waals surface area contributed by atoms with Gasteiger partial charge in [-0.3, -0.25) is 9.78 Å². The van der Waals surface area contributed by atoms with Crippen molar-refractivity contribution in [3.63, 3.8) is 0 Å². The molecule has 0 aliphatic rings. The second-order valence-electron chi connectivity index (χ2n) is 5.98. The van der Waals surface area contributed by atoms with Gasteiger partial charge in [-0.15, -0.1) is 0 Å². The Bertz CT molecular complexity index is 991. The lowest BCUT2D eigenvalue weighted by molar-refractivity contribution is 0.102. The van der Waals surface area contributed by atoms with Crippen LogP contribution < -0.4 is 20.7 Å². The molecule has 3 N–H and O–H groups in total. The van der Waals surface area contributed by atoms with Crippen LogP contribution in [-0.4, -0.2) is 38.1 Å². The van der Waals surface area contributed by atoms with Crippen LogP contribution in [0.2, 0.25) is 10.0 Å². The number of methoxy groups -OCH3 is 1. The number of anilines is 2. The number of likely N-dealkylation sites (N-methyl/N-ethyl adjacent to an activating group) is 1. The average Bonchev–Trinajstić information content (AvgIpc) is 2.68. The number of hydrogen-bond acceptors (Lipinski definition) is 5. The number of ether oxygens (including phenoxy) is 1. The maximum atomic E-state index is 12.8. The molecule has 1 aromatic heterocycles. The molecule has 0 atom stereocenters. The van der Waals surface area contributed by atoms with Crippen molar-refractivity contribution in [3.05, 3.63) is 58.2 Å². The highest BCUT2D eigenvalue weighted by molar-refractivity contribution is 6.40. The Hall–Kier alpha value is -2.54. The molecule has 0 aliphatic heterocycles. The van der Waals surface area contributed by atoms with Gasteiger partial charge in [0.05, 0.1) is 39.3 Å². The molecular formula is C20H20Cl2N4O2. The zero-order chi connectivity index (χ0) is 20.1. The molecule has 146 valence electrons. The summed E-state index contributed by atoms with van der Waals surface area (Å²) >= 11 is 12.3. The maximum Gasteiger partial charge on any atom is 0.258 e. The van der Waals surface area contributed by atoms with Crippen molar-refractivity contribution in [2.75, 3.05) is 37.9 Å². The zero-order valence-electron chi connectivity index (χ0n) is 15.5. The van der Waals surface area contributed by atoms with Crippen LogP contribution in [0.25, 0.3) is 10.9 Å². The van der Waals surface area contributed by atoms with Crippen molar-refractivity contribution in [2.45, 2.75) is 0 Å². The number of carbonyl (C=O) groups is 1. The lowest BCUT2D eigenvalue weighted by Crippen LogP contribution is -2.18. The average molecular weight is 419 g/mol. The van der Waals surface area contributed by atoms with E-state index in [-0.39, 0.29) is 15.6 Å². The predicted octanol–water partition coefficient (Wildman–Crippen LogP) is 4.43. The molecule has 0 fully saturated rings. The number of hydrogen-bond donors (Lipinski definition) is 3. The summed E-state index contributed by atoms with van der Waals surface area (Å²) in [5.41, 5.74) is 2.22. The van der Waals surface area contributed by atoms with E-state index in [0.717, 1.165) is 24.2 Å². The number of benzene rings is 2. The zero-order valence-corrected chi connectivity index (χ0v) is 17.0. The summed E-state index contributed by atoms with van der Waals surface area (Å²) in [6, 6.07) is 10.3. The predicted molar refractivity (Wildman–Crippen MR) is 115 cm³/mol. The fraction of sp³-hybridized carbons (Fsp3) is 0.200. The largest absolute Gasteiger partial charge is 0.496 e. The molecule has 0 radical (unpaired) electrons. The van der Waals surface area contributed by atoms with E-state index in [1.54, 1.807) is 43.6 Å². The normalized spacial score (nSPS) is 10.7. The van der Waals surface area contributed by atoms with E-state index < -0.39 is 5.91 Å². The van der Waals surface area contributed by atoms with Gasteiger partial charge in [0.25, 0.3) is 5.91 Å². The van der Waals surface area contributed by atoms with Gasteiger partial charge in [0.15, 0.2) is 0 Å². The molecule has 3 rings (SSSR count). The summed E-state index contributed by atoms with van der Waals surface area (Å²) in [5.74, 6) is 0.251. The van der Waals surface area contributed by atoms with Crippen LogP contribution in [0.3, 0.4) is 0 Å². The minimum absolute atomic E-state index is 0.220. The molecule has 28 heavy (non-hydrogen) atoms. The smallest absolute Gasteiger partial charge is 0.258 e. The first-order valence-electron chi connectivity index (χ1n) is 8.66. The molecular weight excluding hydrogens is 399 g/mol. The van der Waals surface area contributed by atoms with E-state index in [1.165, 1.54) is 0 Å². The monoisotopic (exact) mass is 418 g/mol. The molecule has 3 aromatic rings. The highest BCUT2D eigenvalue weighted by Crippen LogP contribution is 2.36. The maximum absolute atomic E-state index is 12.8. The molecule has 0 bridgehead atoms. The Morgan fingerprint density at radius 1 is 1.07 bits per heavy atom. The third-order valence-electron chi connectivity index (χ3n) is 4.20. The van der Waals surface area contributed by atoms with Gasteiger partial charge in [0, 0.05) is 25.0 Å². The Morgan fingerprint density at radius 3 is 2.50 bits per heavy atom. The highest BCUT2D eigenvalue weighted by atomic mass is 35.5. The van der Waals surface area contributed by atoms with Crippen molar-refractivity contribution in [3.8, 4) is 5.75 Å². The van der Waals surface area contributed by atoms with E-state index in [2.05, 4.69) is 20.9 Å². The van der Waals surface area contributed by atoms with Crippen molar-refractivity contribution in [1.82, 2.24) is 10.3 Å². The standard InChI is InChI=1S/C20H20Cl2N4O2/c1-23-10-11-24-14-8-9-25-19-15(6-7-16(28-2)18(14)19)26-20(27)17-12(21)4-3-5-13(17)22/h3-9,23H,10-11H2,1-2H3,(H,24,25)(H,26,27). The number of fused-ring (bicyclic) bond motifs is 1. The number of rotatable bonds is 7. The number of nitrogens with one attached hydrogen (secondary N) is 3. The van der Waals surface area contributed by atoms with E-state index in [4.69, 9.17) is 27.9 Å². The first-order chi connectivity index (χ1) is 13.6. The van der Waals surface area contributed by atoms with E-state index in [0.29, 0.717) is 17.0 Å². The SMILES string of the molecule is CNCCNc1ccnc2c(NC(=O)c3c(Cl)cccc3Cl)ccc(OC)c12. The van der Waals surface area contributed by atoms with Crippen molar-refractivity contribution in [1.29, 1.82) is 0 Å². The second-order valence-corrected chi connectivity index (χ2v) is 6.79. The van der Waals surface area contributed by atoms with Crippen LogP contribution >= 0.6 is 23.2 Å². The quantitative estimate of drug-likeness (QED) is 0.494. The summed E-state index contributed by atoms with van der Waals surface area (Å²) in [6.07, 6.45) is 1.68. The third-order valence-corrected chi connectivity index (χ3v) is 4.83. The van der Waals surface area contributed by atoms with Gasteiger partial charge in [-0.05, 0) is 37.4 Å². The number of pyridine rings is 1. The highest BCUT2D eigenvalue weighted by Gasteiger charge is 2.18. The van der Waals surface area contributed by atoms with Crippen LogP contribution in [0.5, 0.6) is 5.75 Å². The summed E-state index contributed by atoms with van der Waals surface area (Å²) in [4.78, 5) is 17.2. The molecule has 0 unspecified atom stereocenters. The van der Waals surface area contributed by atoms with Gasteiger partial charge < -0.3 is 20.7 Å². The number of amides is 1. The van der Waals surface area contributed by atoms with Gasteiger partial charge in [0.2, 0.25) is 0 Å². The third kappa shape index (κ3) is 4.14. The molecule has 6 nitrogen and oxygen atoms in total. The summed E-state index contributed by atoms with van der Waals surface area (Å²) < 4.78 is 5.51. The Balaban J connectivity index is 2.02. The van der Waals surface area contributed by atoms with Gasteiger partial charge in [-0.1, -0.05) is 29.3 Å². The van der Waals surface area contributed by atoms with Gasteiger partial charge in [-0.25, -0.2) is 0 Å². The van der Waals surface area contributed by atoms with Crippen LogP contribution in [0.1, 0.15) is 10.4 Å². The van der Waals surface area contributed by atoms with Crippen molar-refractivity contribution < 1.29 is 9.53 Å². The first kappa shape index (κ1) is 20.2. The Morgan fingerprint density at radius 2 is 1.82 bits per heavy atom. The number of carbonyl (C=O) groups excluding carboxylic acids is 1. The minimum Gasteiger partial charge on any atom is -0.496 e. The molecule has 8 heteroatoms. The van der Waals surface area contributed by atoms with Crippen molar-refractivity contribution in [2.24, 2.45) is 0 Å². The lowest BCUT2D eigenvalue weighted by Gasteiger charge is -2.15. The van der Waals surface area contributed by atoms with Crippen LogP contribution in [0, 0.1) is 0 Å². The first-order valence-corrected chi connectivity index (χ1v) is 9.42. The fourth-order valence-electron chi connectivity index (χ4n) is 2.88. The summed E-state index contributed by atoms with van der Waals surface area (Å²) in [6.45, 7) is 1.53. The summed E-state index contributed by atoms with van der Waals surface area (Å²) in [5, 5.41) is 10.7. The topological polar surface area (TPSA) is 75.3 Å². The molecule has 0 spiro atoms. The van der Waals surface area contributed by atoms with E-state index >= 15 is 0 Å². The van der Waals surface area contributed by atoms with Gasteiger partial charge in [0.1, 0.15) is 5.75 Å². The van der Waals surface area contributed by atoms with E-state index in [9.17, 15) is 4.79 Å². The molecule has 2 aromatic carbocycles. The molecule has 1 amide bonds. The Labute approximate surface area is 173 Å². The number of nitrogens with zero attached hydrogens (tertiary/aromatic N) is 1. The van der Waals surface area contributed by atoms with Crippen LogP contribution in [-0.2, 0) is 0 Å². The Kier molecular flexibility index (Phi) is 6.57. The molecule has 1 heterocycles. The van der Waals surface area contributed by atoms with Crippen LogP contribution in [0.15, 0.2) is 42.6 Å². The van der Waals surface area contributed by atoms with E-state index in [1.807, 2.05) is 13.1 Å². The molecule has 0 aliphatic carbocycles. The second kappa shape index (κ2) is 9.10. The molecule has 0 saturated carbocycles. The van der Waals surface area contributed by atoms with Gasteiger partial charge >= 0.3 is 0 Å². The van der Waals surface area contributed by atoms with Crippen molar-refractivity contribution >= 4 is 51.4 Å². The number of aromatic nitrogens is 1. The minimum atomic E-state index is -0.405.